The van der Waals surface area contributed by atoms with E-state index in [0.29, 0.717) is 19.4 Å². The Labute approximate surface area is 224 Å². The van der Waals surface area contributed by atoms with Gasteiger partial charge in [0.1, 0.15) is 12.4 Å². The van der Waals surface area contributed by atoms with Crippen molar-refractivity contribution >= 4 is 11.8 Å². The van der Waals surface area contributed by atoms with E-state index in [1.807, 2.05) is 84.9 Å². The highest BCUT2D eigenvalue weighted by Crippen LogP contribution is 2.18. The molecule has 0 aliphatic heterocycles. The SMILES string of the molecule is C=CCC(CC(=O)NC(CO)Cc1ccc(OCc2ccccc2)cc1)C(=O)NC(CO)c1ccccc1. The maximum Gasteiger partial charge on any atom is 0.224 e. The molecule has 0 fully saturated rings. The van der Waals surface area contributed by atoms with Gasteiger partial charge in [-0.05, 0) is 41.7 Å². The molecule has 3 aromatic rings. The molecular weight excluding hydrogens is 480 g/mol. The molecular formula is C31H36N2O5. The Kier molecular flexibility index (Phi) is 11.6. The van der Waals surface area contributed by atoms with Gasteiger partial charge in [0.15, 0.2) is 0 Å². The van der Waals surface area contributed by atoms with Crippen LogP contribution in [0.2, 0.25) is 0 Å². The second-order valence-electron chi connectivity index (χ2n) is 9.15. The number of aliphatic hydroxyl groups excluding tert-OH is 2. The lowest BCUT2D eigenvalue weighted by Gasteiger charge is -2.22. The van der Waals surface area contributed by atoms with Crippen LogP contribution in [0.1, 0.15) is 35.6 Å². The Balaban J connectivity index is 1.52. The number of rotatable bonds is 15. The largest absolute Gasteiger partial charge is 0.489 e. The second-order valence-corrected chi connectivity index (χ2v) is 9.15. The number of hydrogen-bond donors (Lipinski definition) is 4. The van der Waals surface area contributed by atoms with E-state index >= 15 is 0 Å². The third kappa shape index (κ3) is 9.18. The smallest absolute Gasteiger partial charge is 0.224 e. The van der Waals surface area contributed by atoms with Gasteiger partial charge in [0, 0.05) is 6.42 Å². The van der Waals surface area contributed by atoms with Crippen molar-refractivity contribution in [1.29, 1.82) is 0 Å². The number of carbonyl (C=O) groups is 2. The van der Waals surface area contributed by atoms with E-state index in [9.17, 15) is 19.8 Å². The van der Waals surface area contributed by atoms with Crippen LogP contribution in [0, 0.1) is 5.92 Å². The minimum absolute atomic E-state index is 0.0619. The number of carbonyl (C=O) groups excluding carboxylic acids is 2. The fourth-order valence-electron chi connectivity index (χ4n) is 4.11. The molecule has 0 radical (unpaired) electrons. The average molecular weight is 517 g/mol. The van der Waals surface area contributed by atoms with Gasteiger partial charge in [0.25, 0.3) is 0 Å². The van der Waals surface area contributed by atoms with E-state index in [-0.39, 0.29) is 31.4 Å². The summed E-state index contributed by atoms with van der Waals surface area (Å²) in [6.45, 7) is 3.68. The predicted molar refractivity (Wildman–Crippen MR) is 147 cm³/mol. The zero-order valence-electron chi connectivity index (χ0n) is 21.5. The highest BCUT2D eigenvalue weighted by atomic mass is 16.5. The molecule has 0 aromatic heterocycles. The van der Waals surface area contributed by atoms with Gasteiger partial charge in [-0.25, -0.2) is 0 Å². The van der Waals surface area contributed by atoms with Gasteiger partial charge >= 0.3 is 0 Å². The summed E-state index contributed by atoms with van der Waals surface area (Å²) >= 11 is 0. The molecule has 3 unspecified atom stereocenters. The summed E-state index contributed by atoms with van der Waals surface area (Å²) in [6, 6.07) is 25.5. The zero-order valence-corrected chi connectivity index (χ0v) is 21.5. The summed E-state index contributed by atoms with van der Waals surface area (Å²) in [5, 5.41) is 25.3. The number of amides is 2. The number of nitrogens with one attached hydrogen (secondary N) is 2. The minimum atomic E-state index is -0.648. The Morgan fingerprint density at radius 1 is 0.842 bits per heavy atom. The molecule has 0 heterocycles. The maximum absolute atomic E-state index is 12.9. The third-order valence-corrected chi connectivity index (χ3v) is 6.19. The summed E-state index contributed by atoms with van der Waals surface area (Å²) in [5.74, 6) is -0.591. The number of benzene rings is 3. The molecule has 38 heavy (non-hydrogen) atoms. The van der Waals surface area contributed by atoms with E-state index in [2.05, 4.69) is 17.2 Å². The first kappa shape index (κ1) is 28.6. The molecule has 0 aliphatic carbocycles. The molecule has 0 bridgehead atoms. The Bertz CT molecular complexity index is 1140. The Morgan fingerprint density at radius 3 is 2.11 bits per heavy atom. The van der Waals surface area contributed by atoms with Crippen LogP contribution in [0.25, 0.3) is 0 Å². The first-order chi connectivity index (χ1) is 18.5. The van der Waals surface area contributed by atoms with Crippen molar-refractivity contribution in [3.8, 4) is 5.75 Å². The lowest BCUT2D eigenvalue weighted by atomic mass is 9.98. The fraction of sp³-hybridized carbons (Fsp3) is 0.290. The Hall–Kier alpha value is -3.94. The van der Waals surface area contributed by atoms with Crippen molar-refractivity contribution < 1.29 is 24.5 Å². The molecule has 0 saturated carbocycles. The maximum atomic E-state index is 12.9. The van der Waals surface area contributed by atoms with Crippen LogP contribution in [0.5, 0.6) is 5.75 Å². The van der Waals surface area contributed by atoms with Gasteiger partial charge in [-0.15, -0.1) is 6.58 Å². The second kappa shape index (κ2) is 15.3. The molecule has 0 saturated heterocycles. The van der Waals surface area contributed by atoms with Gasteiger partial charge < -0.3 is 25.6 Å². The van der Waals surface area contributed by atoms with Crippen molar-refractivity contribution in [3.05, 3.63) is 114 Å². The summed E-state index contributed by atoms with van der Waals surface area (Å²) in [4.78, 5) is 25.7. The summed E-state index contributed by atoms with van der Waals surface area (Å²) < 4.78 is 5.82. The van der Waals surface area contributed by atoms with Crippen LogP contribution in [-0.4, -0.2) is 41.3 Å². The quantitative estimate of drug-likeness (QED) is 0.230. The highest BCUT2D eigenvalue weighted by molar-refractivity contribution is 5.86. The standard InChI is InChI=1S/C31H36N2O5/c1-2-9-26(31(37)33-29(21-35)25-12-7-4-8-13-25)19-30(36)32-27(20-34)18-23-14-16-28(17-15-23)38-22-24-10-5-3-6-11-24/h2-8,10-17,26-27,29,34-35H,1,9,18-22H2,(H,32,36)(H,33,37). The molecule has 7 heteroatoms. The highest BCUT2D eigenvalue weighted by Gasteiger charge is 2.25. The Morgan fingerprint density at radius 2 is 1.50 bits per heavy atom. The third-order valence-electron chi connectivity index (χ3n) is 6.19. The molecule has 0 aliphatic rings. The van der Waals surface area contributed by atoms with Crippen LogP contribution >= 0.6 is 0 Å². The predicted octanol–water partition coefficient (Wildman–Crippen LogP) is 3.72. The van der Waals surface area contributed by atoms with Crippen molar-refractivity contribution in [2.24, 2.45) is 5.92 Å². The van der Waals surface area contributed by atoms with Crippen molar-refractivity contribution in [2.45, 2.75) is 38.0 Å². The van der Waals surface area contributed by atoms with Gasteiger partial charge in [-0.1, -0.05) is 78.9 Å². The van der Waals surface area contributed by atoms with E-state index in [1.54, 1.807) is 6.08 Å². The first-order valence-electron chi connectivity index (χ1n) is 12.7. The first-order valence-corrected chi connectivity index (χ1v) is 12.7. The van der Waals surface area contributed by atoms with Crippen molar-refractivity contribution in [2.75, 3.05) is 13.2 Å². The van der Waals surface area contributed by atoms with Crippen LogP contribution in [-0.2, 0) is 22.6 Å². The fourth-order valence-corrected chi connectivity index (χ4v) is 4.11. The van der Waals surface area contributed by atoms with E-state index < -0.39 is 18.0 Å². The van der Waals surface area contributed by atoms with Gasteiger partial charge in [0.05, 0.1) is 31.2 Å². The summed E-state index contributed by atoms with van der Waals surface area (Å²) in [6.07, 6.45) is 2.27. The zero-order chi connectivity index (χ0) is 27.2. The monoisotopic (exact) mass is 516 g/mol. The molecule has 200 valence electrons. The normalized spacial score (nSPS) is 13.1. The number of hydrogen-bond acceptors (Lipinski definition) is 5. The van der Waals surface area contributed by atoms with Crippen LogP contribution in [0.15, 0.2) is 97.6 Å². The van der Waals surface area contributed by atoms with Gasteiger partial charge in [0.2, 0.25) is 11.8 Å². The van der Waals surface area contributed by atoms with Crippen molar-refractivity contribution in [1.82, 2.24) is 10.6 Å². The molecule has 3 rings (SSSR count). The molecule has 7 nitrogen and oxygen atoms in total. The van der Waals surface area contributed by atoms with E-state index in [1.165, 1.54) is 0 Å². The summed E-state index contributed by atoms with van der Waals surface area (Å²) in [7, 11) is 0. The van der Waals surface area contributed by atoms with Crippen LogP contribution < -0.4 is 15.4 Å². The van der Waals surface area contributed by atoms with Gasteiger partial charge in [-0.2, -0.15) is 0 Å². The average Bonchev–Trinajstić information content (AvgIpc) is 2.95. The topological polar surface area (TPSA) is 108 Å². The van der Waals surface area contributed by atoms with Crippen LogP contribution in [0.3, 0.4) is 0 Å². The minimum Gasteiger partial charge on any atom is -0.489 e. The number of allylic oxidation sites excluding steroid dienone is 1. The number of aliphatic hydroxyl groups is 2. The lowest BCUT2D eigenvalue weighted by molar-refractivity contribution is -0.131. The van der Waals surface area contributed by atoms with Crippen LogP contribution in [0.4, 0.5) is 0 Å². The van der Waals surface area contributed by atoms with E-state index in [4.69, 9.17) is 4.74 Å². The molecule has 3 atom stereocenters. The lowest BCUT2D eigenvalue weighted by Crippen LogP contribution is -2.42. The number of ether oxygens (including phenoxy) is 1. The van der Waals surface area contributed by atoms with Gasteiger partial charge in [-0.3, -0.25) is 9.59 Å². The molecule has 2 amide bonds. The molecule has 3 aromatic carbocycles. The van der Waals surface area contributed by atoms with Crippen molar-refractivity contribution in [3.63, 3.8) is 0 Å². The summed E-state index contributed by atoms with van der Waals surface area (Å²) in [5.41, 5.74) is 2.79. The van der Waals surface area contributed by atoms with E-state index in [0.717, 1.165) is 22.4 Å². The molecule has 0 spiro atoms. The molecule has 4 N–H and O–H groups in total.